The third-order valence-corrected chi connectivity index (χ3v) is 8.74. The summed E-state index contributed by atoms with van der Waals surface area (Å²) in [6.07, 6.45) is -9.30. The van der Waals surface area contributed by atoms with E-state index >= 15 is 0 Å². The van der Waals surface area contributed by atoms with Crippen molar-refractivity contribution in [2.24, 2.45) is 0 Å². The van der Waals surface area contributed by atoms with Crippen molar-refractivity contribution < 1.29 is 57.3 Å². The molecule has 0 bridgehead atoms. The van der Waals surface area contributed by atoms with Gasteiger partial charge in [0, 0.05) is 10.8 Å². The smallest absolute Gasteiger partial charge is 0.397 e. The predicted molar refractivity (Wildman–Crippen MR) is 148 cm³/mol. The van der Waals surface area contributed by atoms with E-state index in [9.17, 15) is 39.0 Å². The van der Waals surface area contributed by atoms with Gasteiger partial charge in [-0.1, -0.05) is 0 Å². The summed E-state index contributed by atoms with van der Waals surface area (Å²) < 4.78 is 54.1. The zero-order valence-electron chi connectivity index (χ0n) is 22.7. The molecule has 6 heterocycles. The molecule has 4 aromatic rings. The van der Waals surface area contributed by atoms with Crippen LogP contribution in [0.15, 0.2) is 35.5 Å². The highest BCUT2D eigenvalue weighted by Crippen LogP contribution is 2.50. The molecule has 242 valence electrons. The Labute approximate surface area is 251 Å². The van der Waals surface area contributed by atoms with Gasteiger partial charge in [-0.2, -0.15) is 10.1 Å². The van der Waals surface area contributed by atoms with E-state index in [1.165, 1.54) is 10.7 Å². The first kappa shape index (κ1) is 31.5. The molecule has 0 amide bonds. The molecule has 10 atom stereocenters. The molecular weight excluding hydrogens is 646 g/mol. The molecule has 0 saturated carbocycles. The number of imidazole rings is 1. The third-order valence-electron chi connectivity index (χ3n) is 7.33. The summed E-state index contributed by atoms with van der Waals surface area (Å²) in [6, 6.07) is 4.73. The second-order valence-electron chi connectivity index (χ2n) is 10.1. The number of aromatic nitrogens is 6. The number of aliphatic hydroxyl groups is 3. The van der Waals surface area contributed by atoms with Crippen molar-refractivity contribution in [1.29, 1.82) is 0 Å². The first-order valence-corrected chi connectivity index (χ1v) is 15.7. The third kappa shape index (κ3) is 5.85. The molecular formula is C22H27N8O13P2+. The number of aromatic amines is 1. The lowest BCUT2D eigenvalue weighted by Gasteiger charge is -2.24. The number of hydrogen-bond donors (Lipinski definition) is 8. The quantitative estimate of drug-likeness (QED) is 0.0863. The van der Waals surface area contributed by atoms with Crippen LogP contribution in [0.1, 0.15) is 18.0 Å². The molecule has 2 aliphatic heterocycles. The highest BCUT2D eigenvalue weighted by atomic mass is 31.2. The van der Waals surface area contributed by atoms with Gasteiger partial charge in [0.25, 0.3) is 5.56 Å². The van der Waals surface area contributed by atoms with E-state index in [-0.39, 0.29) is 17.1 Å². The van der Waals surface area contributed by atoms with E-state index in [0.29, 0.717) is 16.9 Å². The molecule has 2 fully saturated rings. The van der Waals surface area contributed by atoms with Crippen LogP contribution in [-0.4, -0.2) is 104 Å². The summed E-state index contributed by atoms with van der Waals surface area (Å²) in [4.78, 5) is 42.5. The Morgan fingerprint density at radius 3 is 2.64 bits per heavy atom. The highest BCUT2D eigenvalue weighted by Gasteiger charge is 2.53. The van der Waals surface area contributed by atoms with E-state index in [1.807, 2.05) is 0 Å². The van der Waals surface area contributed by atoms with Crippen LogP contribution in [-0.2, 0) is 32.2 Å². The minimum atomic E-state index is -5.15. The average Bonchev–Trinajstić information content (AvgIpc) is 3.73. The first-order chi connectivity index (χ1) is 21.4. The lowest BCUT2D eigenvalue weighted by Crippen LogP contribution is -2.36. The van der Waals surface area contributed by atoms with Crippen LogP contribution < -0.4 is 17.0 Å². The van der Waals surface area contributed by atoms with Gasteiger partial charge >= 0.3 is 16.1 Å². The second kappa shape index (κ2) is 12.1. The van der Waals surface area contributed by atoms with Crippen LogP contribution in [0.3, 0.4) is 0 Å². The van der Waals surface area contributed by atoms with Crippen molar-refractivity contribution in [2.45, 2.75) is 49.0 Å². The van der Waals surface area contributed by atoms with E-state index in [2.05, 4.69) is 20.1 Å². The molecule has 10 N–H and O–H groups in total. The van der Waals surface area contributed by atoms with Crippen LogP contribution in [0.2, 0.25) is 0 Å². The number of rotatable bonds is 10. The Morgan fingerprint density at radius 2 is 1.91 bits per heavy atom. The number of nitrogens with one attached hydrogen (secondary N) is 1. The number of anilines is 2. The standard InChI is InChI=1S/C22H26N8O13P2/c23-8-3-4-26-30-9(8)1-2-10(30)16-15(33)17(42-44(35)36)12(40-16)6-39-45(37,38)43-18-14(32)11(5-31)41-21(18)29-7-25-13-19(29)27-22(24)28-20(13)34/h1-4,7,11-12,14-18,21,31-33H,5-6H2,(H6-,23,24,26,27,28,34,35,36,37,38)/p+1/t11-,12-,14-,15+,16+,17-,18-,21-/m1/s1. The number of phosphoric acid groups is 1. The van der Waals surface area contributed by atoms with Crippen LogP contribution in [0.4, 0.5) is 11.6 Å². The number of phosphoric ester groups is 1. The Morgan fingerprint density at radius 1 is 1.13 bits per heavy atom. The van der Waals surface area contributed by atoms with Crippen LogP contribution >= 0.6 is 16.1 Å². The minimum absolute atomic E-state index is 0.110. The normalized spacial score (nSPS) is 30.3. The fraction of sp³-hybridized carbons (Fsp3) is 0.455. The number of aliphatic hydroxyl groups excluding tert-OH is 3. The Kier molecular flexibility index (Phi) is 8.46. The fourth-order valence-electron chi connectivity index (χ4n) is 5.31. The Hall–Kier alpha value is -3.43. The summed E-state index contributed by atoms with van der Waals surface area (Å²) >= 11 is 0. The molecule has 4 aromatic heterocycles. The van der Waals surface area contributed by atoms with Crippen molar-refractivity contribution in [3.05, 3.63) is 46.8 Å². The largest absolute Gasteiger partial charge is 0.695 e. The molecule has 0 aliphatic carbocycles. The molecule has 2 aliphatic rings. The topological polar surface area (TPSA) is 314 Å². The number of hydrogen-bond acceptors (Lipinski definition) is 16. The van der Waals surface area contributed by atoms with E-state index in [0.717, 1.165) is 10.9 Å². The van der Waals surface area contributed by atoms with Gasteiger partial charge in [-0.05, 0) is 18.2 Å². The van der Waals surface area contributed by atoms with Gasteiger partial charge in [0.1, 0.15) is 36.6 Å². The monoisotopic (exact) mass is 673 g/mol. The summed E-state index contributed by atoms with van der Waals surface area (Å²) in [5.41, 5.74) is 11.8. The number of ether oxygens (including phenoxy) is 2. The summed E-state index contributed by atoms with van der Waals surface area (Å²) in [5.74, 6) is -0.272. The number of nitrogens with two attached hydrogens (primary N) is 2. The SMILES string of the molecule is Nc1nc2c(ncn2[C@@H]2O[C@H](CO)[C@@H](O)[C@H]2OP(=O)(O)OC[C@H]2O[C@@H](c3ccc4c(N)ccnn34)[C@H](O)[C@@H]2O[P+](=O)O)c(=O)[nH]1. The average molecular weight is 673 g/mol. The predicted octanol–water partition coefficient (Wildman–Crippen LogP) is -1.78. The van der Waals surface area contributed by atoms with Crippen LogP contribution in [0.25, 0.3) is 16.7 Å². The van der Waals surface area contributed by atoms with E-state index in [1.54, 1.807) is 18.2 Å². The van der Waals surface area contributed by atoms with Crippen LogP contribution in [0, 0.1) is 0 Å². The number of H-pyrrole nitrogens is 1. The lowest BCUT2D eigenvalue weighted by atomic mass is 10.1. The van der Waals surface area contributed by atoms with Gasteiger partial charge in [0.05, 0.1) is 36.4 Å². The highest BCUT2D eigenvalue weighted by molar-refractivity contribution is 7.47. The number of fused-ring (bicyclic) bond motifs is 2. The lowest BCUT2D eigenvalue weighted by molar-refractivity contribution is -0.0546. The molecule has 21 nitrogen and oxygen atoms in total. The van der Waals surface area contributed by atoms with Crippen molar-refractivity contribution in [3.63, 3.8) is 0 Å². The Balaban J connectivity index is 1.22. The van der Waals surface area contributed by atoms with Gasteiger partial charge in [-0.15, -0.1) is 9.42 Å². The van der Waals surface area contributed by atoms with Gasteiger partial charge in [0.2, 0.25) is 5.95 Å². The molecule has 0 aromatic carbocycles. The number of nitrogen functional groups attached to an aromatic ring is 2. The molecule has 23 heteroatoms. The maximum absolute atomic E-state index is 13.2. The zero-order chi connectivity index (χ0) is 32.2. The van der Waals surface area contributed by atoms with Crippen molar-refractivity contribution in [3.8, 4) is 0 Å². The molecule has 6 rings (SSSR count). The fourth-order valence-corrected chi connectivity index (χ4v) is 6.71. The van der Waals surface area contributed by atoms with E-state index in [4.69, 9.17) is 34.5 Å². The van der Waals surface area contributed by atoms with Gasteiger partial charge in [0.15, 0.2) is 23.5 Å². The maximum Gasteiger partial charge on any atom is 0.695 e. The molecule has 2 unspecified atom stereocenters. The Bertz CT molecular complexity index is 1850. The van der Waals surface area contributed by atoms with Gasteiger partial charge < -0.3 is 41.2 Å². The van der Waals surface area contributed by atoms with Crippen molar-refractivity contribution in [1.82, 2.24) is 29.1 Å². The summed E-state index contributed by atoms with van der Waals surface area (Å²) in [6.45, 7) is -1.54. The molecule has 0 radical (unpaired) electrons. The molecule has 2 saturated heterocycles. The van der Waals surface area contributed by atoms with Gasteiger partial charge in [-0.25, -0.2) is 14.1 Å². The molecule has 45 heavy (non-hydrogen) atoms. The van der Waals surface area contributed by atoms with Crippen molar-refractivity contribution >= 4 is 44.4 Å². The maximum atomic E-state index is 13.2. The number of nitrogens with zero attached hydrogens (tertiary/aromatic N) is 5. The zero-order valence-corrected chi connectivity index (χ0v) is 24.5. The first-order valence-electron chi connectivity index (χ1n) is 13.1. The van der Waals surface area contributed by atoms with Crippen molar-refractivity contribution in [2.75, 3.05) is 24.7 Å². The summed E-state index contributed by atoms with van der Waals surface area (Å²) in [7, 11) is -8.41. The molecule has 0 spiro atoms. The van der Waals surface area contributed by atoms with Gasteiger partial charge in [-0.3, -0.25) is 23.4 Å². The summed E-state index contributed by atoms with van der Waals surface area (Å²) in [5, 5.41) is 35.6. The van der Waals surface area contributed by atoms with E-state index < -0.39 is 83.8 Å². The minimum Gasteiger partial charge on any atom is -0.397 e. The second-order valence-corrected chi connectivity index (χ2v) is 12.2. The van der Waals surface area contributed by atoms with Crippen LogP contribution in [0.5, 0.6) is 0 Å².